The number of ether oxygens (including phenoxy) is 3. The normalized spacial score (nSPS) is 14.3. The highest BCUT2D eigenvalue weighted by atomic mass is 16.5. The minimum Gasteiger partial charge on any atom is -0.491 e. The number of methoxy groups -OCH3 is 2. The molecule has 1 aliphatic heterocycles. The van der Waals surface area contributed by atoms with Gasteiger partial charge in [0.25, 0.3) is 5.88 Å². The predicted molar refractivity (Wildman–Crippen MR) is 126 cm³/mol. The fourth-order valence-electron chi connectivity index (χ4n) is 4.32. The Labute approximate surface area is 203 Å². The van der Waals surface area contributed by atoms with Gasteiger partial charge in [0.2, 0.25) is 5.82 Å². The van der Waals surface area contributed by atoms with Gasteiger partial charge in [-0.2, -0.15) is 4.52 Å². The van der Waals surface area contributed by atoms with Crippen molar-refractivity contribution in [2.45, 2.75) is 45.9 Å². The van der Waals surface area contributed by atoms with E-state index in [1.54, 1.807) is 30.9 Å². The van der Waals surface area contributed by atoms with Crippen LogP contribution in [0.5, 0.6) is 11.6 Å². The monoisotopic (exact) mass is 479 g/mol. The minimum atomic E-state index is -0.0270. The highest BCUT2D eigenvalue weighted by molar-refractivity contribution is 5.56. The van der Waals surface area contributed by atoms with Crippen LogP contribution >= 0.6 is 0 Å². The zero-order valence-corrected chi connectivity index (χ0v) is 20.6. The van der Waals surface area contributed by atoms with Gasteiger partial charge in [-0.15, -0.1) is 15.3 Å². The summed E-state index contributed by atoms with van der Waals surface area (Å²) in [5.41, 5.74) is 4.19. The summed E-state index contributed by atoms with van der Waals surface area (Å²) in [5.74, 6) is 1.90. The largest absolute Gasteiger partial charge is 0.491 e. The van der Waals surface area contributed by atoms with Crippen LogP contribution in [0.3, 0.4) is 0 Å². The maximum Gasteiger partial charge on any atom is 0.275 e. The van der Waals surface area contributed by atoms with Crippen molar-refractivity contribution in [3.05, 3.63) is 47.0 Å². The quantitative estimate of drug-likeness (QED) is 0.374. The van der Waals surface area contributed by atoms with E-state index in [1.807, 2.05) is 13.0 Å². The maximum absolute atomic E-state index is 6.04. The molecule has 0 unspecified atom stereocenters. The van der Waals surface area contributed by atoms with Gasteiger partial charge in [-0.1, -0.05) is 11.2 Å². The molecule has 0 atom stereocenters. The summed E-state index contributed by atoms with van der Waals surface area (Å²) in [5, 5.41) is 16.9. The molecule has 0 aliphatic carbocycles. The Kier molecular flexibility index (Phi) is 6.12. The number of hydrogen-bond donors (Lipinski definition) is 0. The zero-order chi connectivity index (χ0) is 24.6. The highest BCUT2D eigenvalue weighted by Gasteiger charge is 2.30. The molecule has 0 amide bonds. The molecule has 184 valence electrons. The van der Waals surface area contributed by atoms with Crippen molar-refractivity contribution in [2.24, 2.45) is 0 Å². The fraction of sp³-hybridized carbons (Fsp3) is 0.458. The lowest BCUT2D eigenvalue weighted by molar-refractivity contribution is 0.0244. The Bertz CT molecular complexity index is 1350. The van der Waals surface area contributed by atoms with Gasteiger partial charge in [0.1, 0.15) is 12.4 Å². The molecule has 0 bridgehead atoms. The first-order valence-corrected chi connectivity index (χ1v) is 11.5. The first-order valence-electron chi connectivity index (χ1n) is 11.5. The van der Waals surface area contributed by atoms with E-state index in [1.165, 1.54) is 5.56 Å². The molecule has 11 nitrogen and oxygen atoms in total. The van der Waals surface area contributed by atoms with Gasteiger partial charge in [0.15, 0.2) is 17.1 Å². The Morgan fingerprint density at radius 3 is 2.74 bits per heavy atom. The Balaban J connectivity index is 1.35. The van der Waals surface area contributed by atoms with Gasteiger partial charge in [-0.3, -0.25) is 9.88 Å². The van der Waals surface area contributed by atoms with E-state index in [9.17, 15) is 0 Å². The van der Waals surface area contributed by atoms with E-state index in [-0.39, 0.29) is 12.1 Å². The molecule has 5 rings (SSSR count). The van der Waals surface area contributed by atoms with E-state index in [0.29, 0.717) is 41.2 Å². The number of aromatic nitrogens is 6. The summed E-state index contributed by atoms with van der Waals surface area (Å²) in [6.45, 7) is 8.95. The molecular formula is C24H29N7O4. The van der Waals surface area contributed by atoms with Crippen molar-refractivity contribution in [1.29, 1.82) is 0 Å². The summed E-state index contributed by atoms with van der Waals surface area (Å²) < 4.78 is 23.7. The van der Waals surface area contributed by atoms with Crippen LogP contribution in [-0.4, -0.2) is 67.8 Å². The molecule has 5 heterocycles. The lowest BCUT2D eigenvalue weighted by Gasteiger charge is -2.40. The van der Waals surface area contributed by atoms with Crippen LogP contribution in [0.15, 0.2) is 28.8 Å². The second kappa shape index (κ2) is 9.23. The van der Waals surface area contributed by atoms with Crippen molar-refractivity contribution in [3.63, 3.8) is 0 Å². The van der Waals surface area contributed by atoms with E-state index in [2.05, 4.69) is 45.3 Å². The van der Waals surface area contributed by atoms with Crippen LogP contribution in [-0.2, 0) is 24.3 Å². The topological polar surface area (TPSA) is 113 Å². The summed E-state index contributed by atoms with van der Waals surface area (Å²) in [7, 11) is 3.31. The Hall–Kier alpha value is -3.57. The molecule has 4 aromatic rings. The molecule has 0 spiro atoms. The summed E-state index contributed by atoms with van der Waals surface area (Å²) in [6, 6.07) is 7.63. The Morgan fingerprint density at radius 1 is 1.14 bits per heavy atom. The number of nitrogens with zero attached hydrogens (tertiary/aromatic N) is 7. The average molecular weight is 480 g/mol. The molecule has 0 aromatic carbocycles. The van der Waals surface area contributed by atoms with Gasteiger partial charge in [-0.05, 0) is 32.4 Å². The van der Waals surface area contributed by atoms with Crippen molar-refractivity contribution in [1.82, 2.24) is 34.9 Å². The van der Waals surface area contributed by atoms with E-state index >= 15 is 0 Å². The van der Waals surface area contributed by atoms with E-state index in [4.69, 9.17) is 23.7 Å². The number of rotatable bonds is 8. The third kappa shape index (κ3) is 4.56. The summed E-state index contributed by atoms with van der Waals surface area (Å²) in [6.07, 6.45) is 0.880. The van der Waals surface area contributed by atoms with Gasteiger partial charge in [0.05, 0.1) is 19.4 Å². The molecule has 35 heavy (non-hydrogen) atoms. The molecule has 0 fully saturated rings. The number of fused-ring (bicyclic) bond motifs is 2. The third-order valence-electron chi connectivity index (χ3n) is 6.22. The van der Waals surface area contributed by atoms with E-state index in [0.717, 1.165) is 30.9 Å². The Morgan fingerprint density at radius 2 is 2.00 bits per heavy atom. The lowest BCUT2D eigenvalue weighted by atomic mass is 9.97. The van der Waals surface area contributed by atoms with Crippen LogP contribution in [0.1, 0.15) is 36.6 Å². The zero-order valence-electron chi connectivity index (χ0n) is 20.6. The molecule has 11 heteroatoms. The molecule has 4 aromatic heterocycles. The number of pyridine rings is 1. The summed E-state index contributed by atoms with van der Waals surface area (Å²) >= 11 is 0. The van der Waals surface area contributed by atoms with Crippen LogP contribution in [0.4, 0.5) is 0 Å². The smallest absolute Gasteiger partial charge is 0.275 e. The molecule has 0 saturated carbocycles. The third-order valence-corrected chi connectivity index (χ3v) is 6.22. The van der Waals surface area contributed by atoms with Crippen molar-refractivity contribution in [2.75, 3.05) is 27.4 Å². The highest BCUT2D eigenvalue weighted by Crippen LogP contribution is 2.29. The minimum absolute atomic E-state index is 0.0270. The van der Waals surface area contributed by atoms with Crippen molar-refractivity contribution in [3.8, 4) is 23.1 Å². The molecule has 0 N–H and O–H groups in total. The van der Waals surface area contributed by atoms with Gasteiger partial charge in [0, 0.05) is 50.0 Å². The van der Waals surface area contributed by atoms with Crippen molar-refractivity contribution >= 4 is 5.65 Å². The van der Waals surface area contributed by atoms with Crippen LogP contribution < -0.4 is 9.47 Å². The van der Waals surface area contributed by atoms with Crippen LogP contribution in [0.25, 0.3) is 17.2 Å². The SMILES string of the molecule is COCC(C)(C)N1CCc2nc(COc3nn4c(-c5cc(C)on5)nnc4cc3OC)ccc2C1. The van der Waals surface area contributed by atoms with Crippen LogP contribution in [0.2, 0.25) is 0 Å². The molecular weight excluding hydrogens is 450 g/mol. The van der Waals surface area contributed by atoms with E-state index < -0.39 is 0 Å². The molecule has 0 radical (unpaired) electrons. The lowest BCUT2D eigenvalue weighted by Crippen LogP contribution is -2.49. The second-order valence-electron chi connectivity index (χ2n) is 9.25. The average Bonchev–Trinajstić information content (AvgIpc) is 3.46. The standard InChI is InChI=1S/C24H29N7O4/c1-15-10-19(29-35-15)22-27-26-21-11-20(33-5)23(28-31(21)22)34-13-17-7-6-16-12-30(9-8-18(16)25-17)24(2,3)14-32-4/h6-7,10-11H,8-9,12-14H2,1-5H3. The second-order valence-corrected chi connectivity index (χ2v) is 9.25. The maximum atomic E-state index is 6.04. The van der Waals surface area contributed by atoms with Crippen molar-refractivity contribution < 1.29 is 18.7 Å². The first kappa shape index (κ1) is 23.2. The number of aryl methyl sites for hydroxylation is 1. The fourth-order valence-corrected chi connectivity index (χ4v) is 4.32. The van der Waals surface area contributed by atoms with Gasteiger partial charge < -0.3 is 18.7 Å². The van der Waals surface area contributed by atoms with Gasteiger partial charge >= 0.3 is 0 Å². The van der Waals surface area contributed by atoms with Crippen LogP contribution in [0, 0.1) is 6.92 Å². The molecule has 1 aliphatic rings. The van der Waals surface area contributed by atoms with Gasteiger partial charge in [-0.25, -0.2) is 0 Å². The predicted octanol–water partition coefficient (Wildman–Crippen LogP) is 2.85. The first-order chi connectivity index (χ1) is 16.9. The number of hydrogen-bond acceptors (Lipinski definition) is 10. The summed E-state index contributed by atoms with van der Waals surface area (Å²) in [4.78, 5) is 7.30. The molecule has 0 saturated heterocycles.